The van der Waals surface area contributed by atoms with Crippen LogP contribution in [0.15, 0.2) is 24.3 Å². The fourth-order valence-electron chi connectivity index (χ4n) is 1.39. The molecular weight excluding hydrogens is 246 g/mol. The highest BCUT2D eigenvalue weighted by Crippen LogP contribution is 2.13. The molecule has 0 heterocycles. The minimum Gasteiger partial charge on any atom is -0.466 e. The Hall–Kier alpha value is -2.35. The van der Waals surface area contributed by atoms with Crippen LogP contribution in [0.25, 0.3) is 0 Å². The summed E-state index contributed by atoms with van der Waals surface area (Å²) in [4.78, 5) is 22.5. The van der Waals surface area contributed by atoms with E-state index >= 15 is 0 Å². The quantitative estimate of drug-likeness (QED) is 0.579. The van der Waals surface area contributed by atoms with Crippen molar-refractivity contribution in [3.63, 3.8) is 0 Å². The van der Waals surface area contributed by atoms with Crippen LogP contribution in [-0.2, 0) is 14.3 Å². The molecule has 0 amide bonds. The molecule has 0 aliphatic carbocycles. The van der Waals surface area contributed by atoms with Gasteiger partial charge in [-0.25, -0.2) is 0 Å². The molecule has 0 saturated heterocycles. The van der Waals surface area contributed by atoms with Gasteiger partial charge in [-0.15, -0.1) is 0 Å². The molecule has 0 fully saturated rings. The van der Waals surface area contributed by atoms with Crippen molar-refractivity contribution in [1.82, 2.24) is 0 Å². The van der Waals surface area contributed by atoms with Gasteiger partial charge in [0.05, 0.1) is 18.2 Å². The number of benzene rings is 1. The van der Waals surface area contributed by atoms with Crippen molar-refractivity contribution in [3.8, 4) is 11.8 Å². The van der Waals surface area contributed by atoms with Crippen LogP contribution in [-0.4, -0.2) is 18.5 Å². The first-order chi connectivity index (χ1) is 9.15. The first-order valence-corrected chi connectivity index (χ1v) is 6.02. The fraction of sp³-hybridized carbons (Fsp3) is 0.357. The van der Waals surface area contributed by atoms with Gasteiger partial charge >= 0.3 is 11.9 Å². The van der Waals surface area contributed by atoms with Gasteiger partial charge in [0, 0.05) is 12.8 Å². The van der Waals surface area contributed by atoms with Gasteiger partial charge in [0.25, 0.3) is 0 Å². The second kappa shape index (κ2) is 7.88. The lowest BCUT2D eigenvalue weighted by Crippen LogP contribution is -2.10. The molecule has 0 aliphatic rings. The number of nitrogens with zero attached hydrogens (tertiary/aromatic N) is 1. The molecule has 0 aromatic heterocycles. The second-order valence-corrected chi connectivity index (χ2v) is 3.77. The summed E-state index contributed by atoms with van der Waals surface area (Å²) >= 11 is 0. The van der Waals surface area contributed by atoms with Crippen molar-refractivity contribution in [2.45, 2.75) is 26.2 Å². The molecule has 1 aromatic carbocycles. The maximum Gasteiger partial charge on any atom is 0.311 e. The van der Waals surface area contributed by atoms with Gasteiger partial charge in [-0.1, -0.05) is 0 Å². The second-order valence-electron chi connectivity index (χ2n) is 3.77. The molecule has 5 heteroatoms. The molecule has 0 radical (unpaired) electrons. The number of ether oxygens (including phenoxy) is 2. The van der Waals surface area contributed by atoms with Gasteiger partial charge in [-0.05, 0) is 37.6 Å². The number of carbonyl (C=O) groups is 2. The Morgan fingerprint density at radius 3 is 2.37 bits per heavy atom. The topological polar surface area (TPSA) is 76.4 Å². The van der Waals surface area contributed by atoms with Crippen molar-refractivity contribution in [2.24, 2.45) is 0 Å². The van der Waals surface area contributed by atoms with Crippen LogP contribution < -0.4 is 4.74 Å². The first-order valence-electron chi connectivity index (χ1n) is 6.02. The van der Waals surface area contributed by atoms with E-state index in [1.54, 1.807) is 31.2 Å². The third-order valence-electron chi connectivity index (χ3n) is 2.28. The van der Waals surface area contributed by atoms with Crippen molar-refractivity contribution in [1.29, 1.82) is 5.26 Å². The van der Waals surface area contributed by atoms with E-state index in [4.69, 9.17) is 14.7 Å². The Morgan fingerprint density at radius 2 is 1.79 bits per heavy atom. The van der Waals surface area contributed by atoms with Gasteiger partial charge in [0.2, 0.25) is 0 Å². The minimum atomic E-state index is -0.408. The highest BCUT2D eigenvalue weighted by Gasteiger charge is 2.07. The highest BCUT2D eigenvalue weighted by atomic mass is 16.5. The van der Waals surface area contributed by atoms with E-state index in [1.165, 1.54) is 0 Å². The van der Waals surface area contributed by atoms with E-state index in [2.05, 4.69) is 0 Å². The third kappa shape index (κ3) is 5.68. The number of hydrogen-bond donors (Lipinski definition) is 0. The summed E-state index contributed by atoms with van der Waals surface area (Å²) in [6.07, 6.45) is 0.753. The predicted molar refractivity (Wildman–Crippen MR) is 67.3 cm³/mol. The maximum absolute atomic E-state index is 11.5. The van der Waals surface area contributed by atoms with Gasteiger partial charge in [-0.3, -0.25) is 9.59 Å². The maximum atomic E-state index is 11.5. The minimum absolute atomic E-state index is 0.152. The van der Waals surface area contributed by atoms with E-state index in [0.717, 1.165) is 0 Å². The molecule has 0 atom stereocenters. The highest BCUT2D eigenvalue weighted by molar-refractivity contribution is 5.74. The summed E-state index contributed by atoms with van der Waals surface area (Å²) in [5.74, 6) is -0.331. The van der Waals surface area contributed by atoms with Gasteiger partial charge in [0.1, 0.15) is 5.75 Å². The molecular formula is C14H15NO4. The summed E-state index contributed by atoms with van der Waals surface area (Å²) in [5.41, 5.74) is 0.502. The molecule has 5 nitrogen and oxygen atoms in total. The molecule has 0 bridgehead atoms. The lowest BCUT2D eigenvalue weighted by atomic mass is 10.2. The van der Waals surface area contributed by atoms with E-state index < -0.39 is 5.97 Å². The van der Waals surface area contributed by atoms with Crippen LogP contribution in [0.3, 0.4) is 0 Å². The SMILES string of the molecule is CCOC(=O)CCCC(=O)Oc1ccc(C#N)cc1. The molecule has 0 unspecified atom stereocenters. The van der Waals surface area contributed by atoms with Gasteiger partial charge in [0.15, 0.2) is 0 Å². The summed E-state index contributed by atoms with van der Waals surface area (Å²) in [5, 5.41) is 8.62. The molecule has 0 N–H and O–H groups in total. The van der Waals surface area contributed by atoms with Crippen LogP contribution in [0.4, 0.5) is 0 Å². The predicted octanol–water partition coefficient (Wildman–Crippen LogP) is 2.20. The van der Waals surface area contributed by atoms with Crippen molar-refractivity contribution in [2.75, 3.05) is 6.61 Å². The Balaban J connectivity index is 2.31. The van der Waals surface area contributed by atoms with Gasteiger partial charge in [-0.2, -0.15) is 5.26 Å². The number of hydrogen-bond acceptors (Lipinski definition) is 5. The van der Waals surface area contributed by atoms with Crippen molar-refractivity contribution >= 4 is 11.9 Å². The third-order valence-corrected chi connectivity index (χ3v) is 2.28. The Bertz CT molecular complexity index is 473. The van der Waals surface area contributed by atoms with Crippen molar-refractivity contribution < 1.29 is 19.1 Å². The van der Waals surface area contributed by atoms with Crippen LogP contribution in [0.1, 0.15) is 31.7 Å². The standard InChI is InChI=1S/C14H15NO4/c1-2-18-13(16)4-3-5-14(17)19-12-8-6-11(10-15)7-9-12/h6-9H,2-5H2,1H3. The van der Waals surface area contributed by atoms with Crippen LogP contribution in [0, 0.1) is 11.3 Å². The Labute approximate surface area is 111 Å². The van der Waals surface area contributed by atoms with E-state index in [1.807, 2.05) is 6.07 Å². The molecule has 100 valence electrons. The summed E-state index contributed by atoms with van der Waals surface area (Å²) in [6, 6.07) is 8.23. The smallest absolute Gasteiger partial charge is 0.311 e. The van der Waals surface area contributed by atoms with Gasteiger partial charge < -0.3 is 9.47 Å². The number of nitriles is 1. The zero-order chi connectivity index (χ0) is 14.1. The zero-order valence-electron chi connectivity index (χ0n) is 10.7. The van der Waals surface area contributed by atoms with Crippen LogP contribution in [0.5, 0.6) is 5.75 Å². The molecule has 0 spiro atoms. The normalized spacial score (nSPS) is 9.47. The molecule has 19 heavy (non-hydrogen) atoms. The lowest BCUT2D eigenvalue weighted by molar-refractivity contribution is -0.143. The number of esters is 2. The first kappa shape index (κ1) is 14.7. The average molecular weight is 261 g/mol. The summed E-state index contributed by atoms with van der Waals surface area (Å²) in [6.45, 7) is 2.07. The Kier molecular flexibility index (Phi) is 6.10. The summed E-state index contributed by atoms with van der Waals surface area (Å²) < 4.78 is 9.80. The molecule has 0 aliphatic heterocycles. The Morgan fingerprint density at radius 1 is 1.16 bits per heavy atom. The average Bonchev–Trinajstić information content (AvgIpc) is 2.40. The van der Waals surface area contributed by atoms with Crippen LogP contribution >= 0.6 is 0 Å². The largest absolute Gasteiger partial charge is 0.466 e. The summed E-state index contributed by atoms with van der Waals surface area (Å²) in [7, 11) is 0. The molecule has 1 rings (SSSR count). The van der Waals surface area contributed by atoms with E-state index in [-0.39, 0.29) is 18.8 Å². The molecule has 1 aromatic rings. The van der Waals surface area contributed by atoms with Crippen molar-refractivity contribution in [3.05, 3.63) is 29.8 Å². The van der Waals surface area contributed by atoms with Crippen LogP contribution in [0.2, 0.25) is 0 Å². The zero-order valence-corrected chi connectivity index (χ0v) is 10.7. The van der Waals surface area contributed by atoms with E-state index in [0.29, 0.717) is 24.3 Å². The fourth-order valence-corrected chi connectivity index (χ4v) is 1.39. The van der Waals surface area contributed by atoms with E-state index in [9.17, 15) is 9.59 Å². The lowest BCUT2D eigenvalue weighted by Gasteiger charge is -2.04. The number of rotatable bonds is 6. The number of carbonyl (C=O) groups excluding carboxylic acids is 2. The monoisotopic (exact) mass is 261 g/mol. The molecule has 0 saturated carbocycles.